The van der Waals surface area contributed by atoms with Crippen LogP contribution in [0.3, 0.4) is 0 Å². The van der Waals surface area contributed by atoms with E-state index in [4.69, 9.17) is 10.5 Å². The fourth-order valence-electron chi connectivity index (χ4n) is 3.90. The molecule has 0 spiro atoms. The molecule has 0 bridgehead atoms. The van der Waals surface area contributed by atoms with Crippen molar-refractivity contribution in [1.82, 2.24) is 9.88 Å². The summed E-state index contributed by atoms with van der Waals surface area (Å²) in [5.74, 6) is 0.814. The summed E-state index contributed by atoms with van der Waals surface area (Å²) in [6, 6.07) is 19.8. The summed E-state index contributed by atoms with van der Waals surface area (Å²) in [6.07, 6.45) is 4.65. The van der Waals surface area contributed by atoms with E-state index in [1.54, 1.807) is 12.4 Å². The molecule has 4 rings (SSSR count). The van der Waals surface area contributed by atoms with Crippen molar-refractivity contribution in [3.63, 3.8) is 0 Å². The van der Waals surface area contributed by atoms with Gasteiger partial charge in [0.15, 0.2) is 0 Å². The lowest BCUT2D eigenvalue weighted by Crippen LogP contribution is -2.43. The summed E-state index contributed by atoms with van der Waals surface area (Å²) in [4.78, 5) is 19.1. The molecule has 29 heavy (non-hydrogen) atoms. The van der Waals surface area contributed by atoms with Crippen molar-refractivity contribution in [3.05, 3.63) is 95.3 Å². The van der Waals surface area contributed by atoms with Crippen molar-refractivity contribution >= 4 is 5.91 Å². The number of ether oxygens (including phenoxy) is 1. The highest BCUT2D eigenvalue weighted by atomic mass is 16.5. The molecule has 1 aliphatic rings. The third-order valence-electron chi connectivity index (χ3n) is 5.41. The number of para-hydroxylation sites is 1. The van der Waals surface area contributed by atoms with Crippen LogP contribution in [0.25, 0.3) is 0 Å². The summed E-state index contributed by atoms with van der Waals surface area (Å²) in [5, 5.41) is 0. The topological polar surface area (TPSA) is 68.5 Å². The molecule has 1 unspecified atom stereocenters. The maximum atomic E-state index is 13.2. The van der Waals surface area contributed by atoms with Gasteiger partial charge in [0.2, 0.25) is 5.91 Å². The van der Waals surface area contributed by atoms with Gasteiger partial charge in [-0.25, -0.2) is 0 Å². The fourth-order valence-corrected chi connectivity index (χ4v) is 3.90. The third-order valence-corrected chi connectivity index (χ3v) is 5.41. The van der Waals surface area contributed by atoms with E-state index in [2.05, 4.69) is 17.1 Å². The van der Waals surface area contributed by atoms with Crippen LogP contribution in [0.1, 0.15) is 28.3 Å². The first-order valence-corrected chi connectivity index (χ1v) is 9.93. The predicted octanol–water partition coefficient (Wildman–Crippen LogP) is 3.29. The number of carbonyl (C=O) groups is 1. The maximum Gasteiger partial charge on any atom is 0.227 e. The molecular weight excluding hydrogens is 362 g/mol. The summed E-state index contributed by atoms with van der Waals surface area (Å²) in [5.41, 5.74) is 10.4. The Kier molecular flexibility index (Phi) is 5.86. The number of carbonyl (C=O) groups excluding carboxylic acids is 1. The summed E-state index contributed by atoms with van der Waals surface area (Å²) in [7, 11) is 0. The minimum atomic E-state index is -0.0719. The van der Waals surface area contributed by atoms with Crippen molar-refractivity contribution in [2.45, 2.75) is 25.5 Å². The molecular formula is C24H25N3O2. The van der Waals surface area contributed by atoms with E-state index in [9.17, 15) is 4.79 Å². The van der Waals surface area contributed by atoms with Gasteiger partial charge in [-0.1, -0.05) is 42.5 Å². The Hall–Kier alpha value is -3.18. The monoisotopic (exact) mass is 387 g/mol. The Balaban J connectivity index is 1.49. The van der Waals surface area contributed by atoms with Crippen LogP contribution in [0, 0.1) is 0 Å². The second kappa shape index (κ2) is 8.88. The molecule has 0 aliphatic carbocycles. The Labute approximate surface area is 171 Å². The summed E-state index contributed by atoms with van der Waals surface area (Å²) in [6.45, 7) is 1.55. The first-order chi connectivity index (χ1) is 14.3. The molecule has 2 heterocycles. The first-order valence-electron chi connectivity index (χ1n) is 9.93. The van der Waals surface area contributed by atoms with E-state index in [1.165, 1.54) is 5.56 Å². The van der Waals surface area contributed by atoms with Gasteiger partial charge < -0.3 is 15.4 Å². The summed E-state index contributed by atoms with van der Waals surface area (Å²) >= 11 is 0. The third kappa shape index (κ3) is 4.30. The van der Waals surface area contributed by atoms with Gasteiger partial charge in [-0.05, 0) is 41.3 Å². The largest absolute Gasteiger partial charge is 0.489 e. The molecule has 1 atom stereocenters. The lowest BCUT2D eigenvalue weighted by atomic mass is 9.92. The molecule has 1 aliphatic heterocycles. The highest BCUT2D eigenvalue weighted by Gasteiger charge is 2.29. The van der Waals surface area contributed by atoms with Gasteiger partial charge in [0.1, 0.15) is 12.4 Å². The molecule has 2 aromatic carbocycles. The first kappa shape index (κ1) is 19.2. The molecule has 0 fully saturated rings. The van der Waals surface area contributed by atoms with Crippen LogP contribution in [0.2, 0.25) is 0 Å². The Morgan fingerprint density at radius 2 is 1.83 bits per heavy atom. The number of benzene rings is 2. The van der Waals surface area contributed by atoms with Crippen molar-refractivity contribution < 1.29 is 9.53 Å². The van der Waals surface area contributed by atoms with Crippen LogP contribution in [0.5, 0.6) is 5.75 Å². The summed E-state index contributed by atoms with van der Waals surface area (Å²) < 4.78 is 6.00. The van der Waals surface area contributed by atoms with Crippen LogP contribution >= 0.6 is 0 Å². The van der Waals surface area contributed by atoms with Gasteiger partial charge in [0, 0.05) is 31.0 Å². The van der Waals surface area contributed by atoms with E-state index in [-0.39, 0.29) is 11.9 Å². The van der Waals surface area contributed by atoms with Crippen molar-refractivity contribution in [2.24, 2.45) is 5.73 Å². The van der Waals surface area contributed by atoms with Crippen LogP contribution in [-0.4, -0.2) is 28.9 Å². The van der Waals surface area contributed by atoms with Crippen LogP contribution in [-0.2, 0) is 24.2 Å². The number of fused-ring (bicyclic) bond motifs is 1. The quantitative estimate of drug-likeness (QED) is 0.705. The van der Waals surface area contributed by atoms with E-state index in [0.29, 0.717) is 26.1 Å². The molecule has 0 saturated heterocycles. The SMILES string of the molecule is NCC1c2ccccc2CCN1C(=O)Cc1ccccc1OCc1ccncc1. The molecule has 0 saturated carbocycles. The zero-order valence-electron chi connectivity index (χ0n) is 16.3. The number of aromatic nitrogens is 1. The highest BCUT2D eigenvalue weighted by Crippen LogP contribution is 2.30. The minimum Gasteiger partial charge on any atom is -0.489 e. The zero-order valence-corrected chi connectivity index (χ0v) is 16.3. The second-order valence-electron chi connectivity index (χ2n) is 7.22. The van der Waals surface area contributed by atoms with Crippen molar-refractivity contribution in [1.29, 1.82) is 0 Å². The van der Waals surface area contributed by atoms with Gasteiger partial charge >= 0.3 is 0 Å². The number of pyridine rings is 1. The van der Waals surface area contributed by atoms with E-state index in [1.807, 2.05) is 53.4 Å². The number of rotatable bonds is 6. The fraction of sp³-hybridized carbons (Fsp3) is 0.250. The second-order valence-corrected chi connectivity index (χ2v) is 7.22. The Bertz CT molecular complexity index is 975. The molecule has 2 N–H and O–H groups in total. The molecule has 5 heteroatoms. The van der Waals surface area contributed by atoms with Crippen molar-refractivity contribution in [2.75, 3.05) is 13.1 Å². The lowest BCUT2D eigenvalue weighted by molar-refractivity contribution is -0.133. The Morgan fingerprint density at radius 1 is 1.07 bits per heavy atom. The smallest absolute Gasteiger partial charge is 0.227 e. The van der Waals surface area contributed by atoms with Gasteiger partial charge in [0.05, 0.1) is 12.5 Å². The standard InChI is InChI=1S/C24H25N3O2/c25-16-22-21-7-3-1-5-19(21)11-14-27(22)24(28)15-20-6-2-4-8-23(20)29-17-18-9-12-26-13-10-18/h1-10,12-13,22H,11,14-17,25H2. The number of nitrogens with zero attached hydrogens (tertiary/aromatic N) is 2. The molecule has 3 aromatic rings. The van der Waals surface area contributed by atoms with Gasteiger partial charge in [-0.3, -0.25) is 9.78 Å². The van der Waals surface area contributed by atoms with Crippen molar-refractivity contribution in [3.8, 4) is 5.75 Å². The number of nitrogens with two attached hydrogens (primary N) is 1. The maximum absolute atomic E-state index is 13.2. The number of amides is 1. The molecule has 148 valence electrons. The molecule has 0 radical (unpaired) electrons. The van der Waals surface area contributed by atoms with Gasteiger partial charge in [-0.15, -0.1) is 0 Å². The molecule has 1 aromatic heterocycles. The van der Waals surface area contributed by atoms with E-state index in [0.717, 1.165) is 28.9 Å². The normalized spacial score (nSPS) is 15.6. The molecule has 5 nitrogen and oxygen atoms in total. The van der Waals surface area contributed by atoms with Crippen LogP contribution in [0.15, 0.2) is 73.1 Å². The average molecular weight is 387 g/mol. The number of hydrogen-bond donors (Lipinski definition) is 1. The van der Waals surface area contributed by atoms with Crippen LogP contribution in [0.4, 0.5) is 0 Å². The van der Waals surface area contributed by atoms with Gasteiger partial charge in [-0.2, -0.15) is 0 Å². The minimum absolute atomic E-state index is 0.0719. The van der Waals surface area contributed by atoms with E-state index >= 15 is 0 Å². The zero-order chi connectivity index (χ0) is 20.1. The molecule has 1 amide bonds. The Morgan fingerprint density at radius 3 is 2.66 bits per heavy atom. The van der Waals surface area contributed by atoms with Gasteiger partial charge in [0.25, 0.3) is 0 Å². The highest BCUT2D eigenvalue weighted by molar-refractivity contribution is 5.80. The van der Waals surface area contributed by atoms with Crippen LogP contribution < -0.4 is 10.5 Å². The average Bonchev–Trinajstić information content (AvgIpc) is 2.78. The number of hydrogen-bond acceptors (Lipinski definition) is 4. The lowest BCUT2D eigenvalue weighted by Gasteiger charge is -2.37. The predicted molar refractivity (Wildman–Crippen MR) is 112 cm³/mol. The van der Waals surface area contributed by atoms with E-state index < -0.39 is 0 Å².